The van der Waals surface area contributed by atoms with Crippen molar-refractivity contribution in [1.82, 2.24) is 14.7 Å². The monoisotopic (exact) mass is 673 g/mol. The summed E-state index contributed by atoms with van der Waals surface area (Å²) in [4.78, 5) is 42.0. The second-order valence-corrected chi connectivity index (χ2v) is 14.4. The number of carboxylic acid groups (broad SMARTS) is 1. The van der Waals surface area contributed by atoms with Crippen LogP contribution < -0.4 is 4.74 Å². The van der Waals surface area contributed by atoms with Gasteiger partial charge in [-0.05, 0) is 44.9 Å². The molecule has 46 heavy (non-hydrogen) atoms. The first-order valence-corrected chi connectivity index (χ1v) is 17.7. The number of nitrogens with zero attached hydrogens (tertiary/aromatic N) is 3. The molecule has 1 unspecified atom stereocenters. The molecule has 1 atom stereocenters. The maximum absolute atomic E-state index is 13.3. The number of likely N-dealkylation sites (tertiary alicyclic amines) is 2. The van der Waals surface area contributed by atoms with E-state index in [1.54, 1.807) is 7.11 Å². The summed E-state index contributed by atoms with van der Waals surface area (Å²) in [6, 6.07) is 0. The molecule has 9 nitrogen and oxygen atoms in total. The smallest absolute Gasteiger partial charge is 0.490 e. The molecule has 4 heterocycles. The van der Waals surface area contributed by atoms with E-state index in [0.29, 0.717) is 23.1 Å². The molecular formula is C33H50F3N3O6S. The second-order valence-electron chi connectivity index (χ2n) is 13.6. The van der Waals surface area contributed by atoms with Crippen LogP contribution in [-0.2, 0) is 9.53 Å². The van der Waals surface area contributed by atoms with Gasteiger partial charge in [0.1, 0.15) is 11.4 Å². The molecule has 1 aromatic heterocycles. The first-order chi connectivity index (χ1) is 21.8. The highest BCUT2D eigenvalue weighted by Gasteiger charge is 2.51. The zero-order valence-corrected chi connectivity index (χ0v) is 28.2. The van der Waals surface area contributed by atoms with Crippen LogP contribution in [0.4, 0.5) is 18.0 Å². The van der Waals surface area contributed by atoms with Gasteiger partial charge in [-0.3, -0.25) is 9.69 Å². The Labute approximate surface area is 274 Å². The summed E-state index contributed by atoms with van der Waals surface area (Å²) in [7, 11) is 1.62. The summed E-state index contributed by atoms with van der Waals surface area (Å²) in [6.45, 7) is 9.83. The molecule has 1 aliphatic carbocycles. The number of alkyl halides is 3. The standard InChI is InChI=1S/C31H49N3O4S.C2HF3O2/c1-4-5-11-25-21-33(20-24-9-7-6-8-10-24)29(36)38-31(25)14-18-34(19-15-31)30(2)12-16-32(17-13-30)28(35)26-22-39-23-27(26)37-3;3-2(4,5)1(6)7/h22-25H,4-21H2,1-3H3;(H,6,7). The molecule has 1 saturated carbocycles. The van der Waals surface area contributed by atoms with Gasteiger partial charge in [0.25, 0.3) is 5.91 Å². The summed E-state index contributed by atoms with van der Waals surface area (Å²) in [5.41, 5.74) is 0.441. The van der Waals surface area contributed by atoms with Gasteiger partial charge in [0.2, 0.25) is 0 Å². The molecule has 3 aliphatic heterocycles. The van der Waals surface area contributed by atoms with E-state index in [9.17, 15) is 22.8 Å². The fourth-order valence-electron chi connectivity index (χ4n) is 7.68. The van der Waals surface area contributed by atoms with Crippen LogP contribution in [0.15, 0.2) is 10.8 Å². The van der Waals surface area contributed by atoms with Crippen molar-refractivity contribution >= 4 is 29.3 Å². The fraction of sp³-hybridized carbons (Fsp3) is 0.788. The number of carbonyl (C=O) groups is 3. The number of methoxy groups -OCH3 is 1. The Morgan fingerprint density at radius 3 is 2.26 bits per heavy atom. The van der Waals surface area contributed by atoms with Crippen LogP contribution in [0.3, 0.4) is 0 Å². The highest BCUT2D eigenvalue weighted by molar-refractivity contribution is 7.08. The molecule has 1 aromatic rings. The lowest BCUT2D eigenvalue weighted by Crippen LogP contribution is -2.63. The van der Waals surface area contributed by atoms with Gasteiger partial charge in [-0.2, -0.15) is 13.2 Å². The van der Waals surface area contributed by atoms with E-state index in [0.717, 1.165) is 71.4 Å². The SMILES string of the molecule is CCCCC1CN(CC2CCCCC2)C(=O)OC12CCN(C1(C)CCN(C(=O)c3cscc3OC)CC1)CC2.O=C(O)C(F)(F)F. The maximum Gasteiger partial charge on any atom is 0.490 e. The van der Waals surface area contributed by atoms with E-state index in [1.165, 1.54) is 56.3 Å². The number of carbonyl (C=O) groups excluding carboxylic acids is 2. The lowest BCUT2D eigenvalue weighted by Gasteiger charge is -2.55. The molecule has 0 aromatic carbocycles. The number of hydrogen-bond acceptors (Lipinski definition) is 7. The third kappa shape index (κ3) is 8.67. The highest BCUT2D eigenvalue weighted by Crippen LogP contribution is 2.44. The van der Waals surface area contributed by atoms with E-state index >= 15 is 0 Å². The van der Waals surface area contributed by atoms with Crippen molar-refractivity contribution in [3.63, 3.8) is 0 Å². The number of carboxylic acids is 1. The first-order valence-electron chi connectivity index (χ1n) is 16.7. The molecule has 0 radical (unpaired) electrons. The van der Waals surface area contributed by atoms with Crippen molar-refractivity contribution in [2.24, 2.45) is 11.8 Å². The fourth-order valence-corrected chi connectivity index (χ4v) is 8.44. The van der Waals surface area contributed by atoms with Gasteiger partial charge in [-0.25, -0.2) is 9.59 Å². The van der Waals surface area contributed by atoms with Gasteiger partial charge in [0.05, 0.1) is 12.7 Å². The second kappa shape index (κ2) is 15.6. The average molecular weight is 674 g/mol. The number of unbranched alkanes of at least 4 members (excludes halogenated alkanes) is 1. The highest BCUT2D eigenvalue weighted by atomic mass is 32.1. The number of thiophene rings is 1. The summed E-state index contributed by atoms with van der Waals surface area (Å²) in [5, 5.41) is 10.9. The minimum atomic E-state index is -5.08. The van der Waals surface area contributed by atoms with Crippen LogP contribution >= 0.6 is 11.3 Å². The van der Waals surface area contributed by atoms with Crippen LogP contribution in [0.25, 0.3) is 0 Å². The number of aliphatic carboxylic acids is 1. The van der Waals surface area contributed by atoms with Crippen molar-refractivity contribution in [1.29, 1.82) is 0 Å². The van der Waals surface area contributed by atoms with Gasteiger partial charge in [-0.15, -0.1) is 11.3 Å². The van der Waals surface area contributed by atoms with Crippen molar-refractivity contribution in [3.8, 4) is 5.75 Å². The van der Waals surface area contributed by atoms with Gasteiger partial charge < -0.3 is 24.4 Å². The van der Waals surface area contributed by atoms with Crippen molar-refractivity contribution < 1.29 is 42.1 Å². The average Bonchev–Trinajstić information content (AvgIpc) is 3.52. The van der Waals surface area contributed by atoms with Crippen LogP contribution in [-0.4, -0.2) is 101 Å². The Kier molecular flexibility index (Phi) is 12.3. The molecule has 1 spiro atoms. The Morgan fingerprint density at radius 1 is 1.07 bits per heavy atom. The maximum atomic E-state index is 13.3. The Bertz CT molecular complexity index is 1170. The van der Waals surface area contributed by atoms with Gasteiger partial charge in [-0.1, -0.05) is 39.0 Å². The third-order valence-corrected chi connectivity index (χ3v) is 11.4. The predicted molar refractivity (Wildman–Crippen MR) is 169 cm³/mol. The minimum absolute atomic E-state index is 0.0661. The predicted octanol–water partition coefficient (Wildman–Crippen LogP) is 7.06. The molecule has 2 amide bonds. The Balaban J connectivity index is 0.000000617. The lowest BCUT2D eigenvalue weighted by molar-refractivity contribution is -0.192. The molecule has 0 bridgehead atoms. The zero-order valence-electron chi connectivity index (χ0n) is 27.4. The molecule has 4 aliphatic rings. The first kappa shape index (κ1) is 36.3. The quantitative estimate of drug-likeness (QED) is 0.316. The molecule has 260 valence electrons. The summed E-state index contributed by atoms with van der Waals surface area (Å²) in [5.74, 6) is -0.927. The van der Waals surface area contributed by atoms with Gasteiger partial charge in [0, 0.05) is 74.3 Å². The number of halogens is 3. The van der Waals surface area contributed by atoms with E-state index in [1.807, 2.05) is 15.7 Å². The molecule has 1 N–H and O–H groups in total. The number of ether oxygens (including phenoxy) is 2. The summed E-state index contributed by atoms with van der Waals surface area (Å²) < 4.78 is 43.6. The van der Waals surface area contributed by atoms with E-state index < -0.39 is 12.1 Å². The molecule has 3 saturated heterocycles. The molecule has 13 heteroatoms. The molecule has 5 rings (SSSR count). The summed E-state index contributed by atoms with van der Waals surface area (Å²) in [6.07, 6.45) is 8.62. The largest absolute Gasteiger partial charge is 0.495 e. The zero-order chi connectivity index (χ0) is 33.5. The van der Waals surface area contributed by atoms with Crippen molar-refractivity contribution in [3.05, 3.63) is 16.3 Å². The Morgan fingerprint density at radius 2 is 1.70 bits per heavy atom. The number of piperidine rings is 2. The van der Waals surface area contributed by atoms with Crippen LogP contribution in [0.5, 0.6) is 5.75 Å². The van der Waals surface area contributed by atoms with E-state index in [4.69, 9.17) is 19.4 Å². The van der Waals surface area contributed by atoms with E-state index in [-0.39, 0.29) is 23.1 Å². The van der Waals surface area contributed by atoms with E-state index in [2.05, 4.69) is 23.6 Å². The normalized spacial score (nSPS) is 23.8. The number of rotatable bonds is 8. The van der Waals surface area contributed by atoms with Crippen molar-refractivity contribution in [2.75, 3.05) is 46.4 Å². The minimum Gasteiger partial charge on any atom is -0.495 e. The van der Waals surface area contributed by atoms with Crippen LogP contribution in [0, 0.1) is 11.8 Å². The van der Waals surface area contributed by atoms with Crippen LogP contribution in [0.2, 0.25) is 0 Å². The molecule has 4 fully saturated rings. The lowest BCUT2D eigenvalue weighted by atomic mass is 9.74. The molecular weight excluding hydrogens is 623 g/mol. The van der Waals surface area contributed by atoms with Gasteiger partial charge >= 0.3 is 18.2 Å². The Hall–Kier alpha value is -2.54. The van der Waals surface area contributed by atoms with Crippen molar-refractivity contribution in [2.45, 2.75) is 108 Å². The number of amides is 2. The van der Waals surface area contributed by atoms with Crippen LogP contribution in [0.1, 0.15) is 101 Å². The summed E-state index contributed by atoms with van der Waals surface area (Å²) >= 11 is 1.51. The van der Waals surface area contributed by atoms with Gasteiger partial charge in [0.15, 0.2) is 0 Å². The number of hydrogen-bond donors (Lipinski definition) is 1. The topological polar surface area (TPSA) is 99.6 Å². The third-order valence-electron chi connectivity index (χ3n) is 10.7.